The fraction of sp³-hybridized carbons (Fsp3) is 0.647. The molecule has 1 aromatic rings. The second-order valence-electron chi connectivity index (χ2n) is 6.44. The van der Waals surface area contributed by atoms with E-state index >= 15 is 0 Å². The van der Waals surface area contributed by atoms with Crippen LogP contribution >= 0.6 is 0 Å². The first kappa shape index (κ1) is 18.0. The van der Waals surface area contributed by atoms with Gasteiger partial charge in [0, 0.05) is 38.0 Å². The molecule has 4 nitrogen and oxygen atoms in total. The number of aliphatic hydroxyl groups is 1. The average molecular weight is 294 g/mol. The average Bonchev–Trinajstić information content (AvgIpc) is 2.41. The number of hydrogen-bond donors (Lipinski definition) is 2. The zero-order valence-corrected chi connectivity index (χ0v) is 14.1. The second kappa shape index (κ2) is 8.37. The van der Waals surface area contributed by atoms with Gasteiger partial charge in [0.2, 0.25) is 0 Å². The highest BCUT2D eigenvalue weighted by Gasteiger charge is 2.14. The second-order valence-corrected chi connectivity index (χ2v) is 6.44. The zero-order chi connectivity index (χ0) is 15.9. The topological polar surface area (TPSA) is 44.7 Å². The van der Waals surface area contributed by atoms with Crippen molar-refractivity contribution in [1.29, 1.82) is 0 Å². The van der Waals surface area contributed by atoms with Crippen LogP contribution in [0.3, 0.4) is 0 Å². The van der Waals surface area contributed by atoms with E-state index in [1.54, 1.807) is 7.11 Å². The molecule has 0 aromatic heterocycles. The maximum atomic E-state index is 9.30. The maximum Gasteiger partial charge on any atom is 0.0637 e. The molecule has 1 rings (SSSR count). The smallest absolute Gasteiger partial charge is 0.0637 e. The zero-order valence-electron chi connectivity index (χ0n) is 14.1. The highest BCUT2D eigenvalue weighted by atomic mass is 16.5. The minimum Gasteiger partial charge on any atom is -0.395 e. The van der Waals surface area contributed by atoms with Crippen LogP contribution in [0.5, 0.6) is 0 Å². The Morgan fingerprint density at radius 1 is 1.24 bits per heavy atom. The monoisotopic (exact) mass is 294 g/mol. The Labute approximate surface area is 129 Å². The van der Waals surface area contributed by atoms with E-state index in [-0.39, 0.29) is 12.1 Å². The summed E-state index contributed by atoms with van der Waals surface area (Å²) >= 11 is 0. The van der Waals surface area contributed by atoms with Gasteiger partial charge >= 0.3 is 0 Å². The van der Waals surface area contributed by atoms with Crippen LogP contribution in [0.25, 0.3) is 0 Å². The molecule has 1 aromatic carbocycles. The normalized spacial score (nSPS) is 11.7. The minimum atomic E-state index is 0.0787. The van der Waals surface area contributed by atoms with Crippen molar-refractivity contribution in [2.75, 3.05) is 38.3 Å². The van der Waals surface area contributed by atoms with Crippen molar-refractivity contribution in [3.8, 4) is 0 Å². The standard InChI is InChI=1S/C17H30N2O2/c1-14-6-7-16(19(8-10-20)9-11-21-5)15(12-14)13-18-17(2,3)4/h6-7,12,18,20H,8-11,13H2,1-5H3. The quantitative estimate of drug-likeness (QED) is 0.772. The molecule has 0 bridgehead atoms. The Kier molecular flexibility index (Phi) is 7.15. The fourth-order valence-electron chi connectivity index (χ4n) is 2.20. The Bertz CT molecular complexity index is 427. The van der Waals surface area contributed by atoms with Crippen molar-refractivity contribution < 1.29 is 9.84 Å². The van der Waals surface area contributed by atoms with Crippen LogP contribution in [-0.2, 0) is 11.3 Å². The van der Waals surface area contributed by atoms with Crippen LogP contribution < -0.4 is 10.2 Å². The van der Waals surface area contributed by atoms with Gasteiger partial charge in [-0.15, -0.1) is 0 Å². The number of aryl methyl sites for hydroxylation is 1. The van der Waals surface area contributed by atoms with Crippen molar-refractivity contribution in [2.24, 2.45) is 0 Å². The number of rotatable bonds is 8. The van der Waals surface area contributed by atoms with Crippen molar-refractivity contribution in [3.05, 3.63) is 29.3 Å². The Balaban J connectivity index is 2.96. The van der Waals surface area contributed by atoms with Gasteiger partial charge < -0.3 is 20.1 Å². The first-order chi connectivity index (χ1) is 9.87. The van der Waals surface area contributed by atoms with Gasteiger partial charge in [-0.25, -0.2) is 0 Å². The van der Waals surface area contributed by atoms with Crippen molar-refractivity contribution >= 4 is 5.69 Å². The van der Waals surface area contributed by atoms with Gasteiger partial charge in [0.25, 0.3) is 0 Å². The summed E-state index contributed by atoms with van der Waals surface area (Å²) in [5, 5.41) is 12.8. The summed E-state index contributed by atoms with van der Waals surface area (Å²) in [5.41, 5.74) is 3.76. The summed E-state index contributed by atoms with van der Waals surface area (Å²) in [6.45, 7) is 11.6. The summed E-state index contributed by atoms with van der Waals surface area (Å²) in [6.07, 6.45) is 0. The van der Waals surface area contributed by atoms with Gasteiger partial charge in [-0.1, -0.05) is 17.7 Å². The third-order valence-electron chi connectivity index (χ3n) is 3.32. The highest BCUT2D eigenvalue weighted by Crippen LogP contribution is 2.22. The molecule has 120 valence electrons. The molecular weight excluding hydrogens is 264 g/mol. The predicted molar refractivity (Wildman–Crippen MR) is 88.9 cm³/mol. The summed E-state index contributed by atoms with van der Waals surface area (Å²) < 4.78 is 5.18. The molecular formula is C17H30N2O2. The first-order valence-corrected chi connectivity index (χ1v) is 7.56. The minimum absolute atomic E-state index is 0.0787. The number of methoxy groups -OCH3 is 1. The van der Waals surface area contributed by atoms with Gasteiger partial charge in [0.15, 0.2) is 0 Å². The van der Waals surface area contributed by atoms with Gasteiger partial charge in [-0.3, -0.25) is 0 Å². The largest absolute Gasteiger partial charge is 0.395 e. The SMILES string of the molecule is COCCN(CCO)c1ccc(C)cc1CNC(C)(C)C. The summed E-state index contributed by atoms with van der Waals surface area (Å²) in [7, 11) is 1.70. The molecule has 0 unspecified atom stereocenters. The summed E-state index contributed by atoms with van der Waals surface area (Å²) in [5.74, 6) is 0. The van der Waals surface area contributed by atoms with Gasteiger partial charge in [0.1, 0.15) is 0 Å². The molecule has 0 aliphatic carbocycles. The Hall–Kier alpha value is -1.10. The van der Waals surface area contributed by atoms with Gasteiger partial charge in [0.05, 0.1) is 13.2 Å². The number of benzene rings is 1. The molecule has 0 radical (unpaired) electrons. The van der Waals surface area contributed by atoms with E-state index in [1.165, 1.54) is 16.8 Å². The lowest BCUT2D eigenvalue weighted by molar-refractivity contribution is 0.203. The summed E-state index contributed by atoms with van der Waals surface area (Å²) in [6, 6.07) is 6.47. The third kappa shape index (κ3) is 6.46. The molecule has 0 fully saturated rings. The van der Waals surface area contributed by atoms with Crippen LogP contribution in [0.15, 0.2) is 18.2 Å². The Morgan fingerprint density at radius 2 is 1.95 bits per heavy atom. The molecule has 0 amide bonds. The predicted octanol–water partition coefficient (Wildman–Crippen LogP) is 2.33. The van der Waals surface area contributed by atoms with E-state index in [2.05, 4.69) is 56.1 Å². The van der Waals surface area contributed by atoms with Crippen molar-refractivity contribution in [2.45, 2.75) is 39.8 Å². The van der Waals surface area contributed by atoms with Crippen LogP contribution in [0.1, 0.15) is 31.9 Å². The lowest BCUT2D eigenvalue weighted by Gasteiger charge is -2.28. The van der Waals surface area contributed by atoms with E-state index in [9.17, 15) is 5.11 Å². The molecule has 0 aliphatic heterocycles. The number of ether oxygens (including phenoxy) is 1. The van der Waals surface area contributed by atoms with Crippen LogP contribution in [0.4, 0.5) is 5.69 Å². The van der Waals surface area contributed by atoms with E-state index in [0.29, 0.717) is 13.2 Å². The third-order valence-corrected chi connectivity index (χ3v) is 3.32. The number of hydrogen-bond acceptors (Lipinski definition) is 4. The maximum absolute atomic E-state index is 9.30. The molecule has 0 saturated carbocycles. The van der Waals surface area contributed by atoms with Crippen molar-refractivity contribution in [3.63, 3.8) is 0 Å². The molecule has 0 heterocycles. The lowest BCUT2D eigenvalue weighted by Crippen LogP contribution is -2.36. The Morgan fingerprint density at radius 3 is 2.52 bits per heavy atom. The molecule has 0 saturated heterocycles. The molecule has 2 N–H and O–H groups in total. The number of anilines is 1. The molecule has 0 atom stereocenters. The van der Waals surface area contributed by atoms with Crippen LogP contribution in [0, 0.1) is 6.92 Å². The van der Waals surface area contributed by atoms with E-state index in [4.69, 9.17) is 4.74 Å². The van der Waals surface area contributed by atoms with E-state index < -0.39 is 0 Å². The fourth-order valence-corrected chi connectivity index (χ4v) is 2.20. The van der Waals surface area contributed by atoms with Crippen molar-refractivity contribution in [1.82, 2.24) is 5.32 Å². The summed E-state index contributed by atoms with van der Waals surface area (Å²) in [4.78, 5) is 2.18. The number of aliphatic hydroxyl groups excluding tert-OH is 1. The van der Waals surface area contributed by atoms with Gasteiger partial charge in [-0.05, 0) is 39.3 Å². The van der Waals surface area contributed by atoms with Crippen LogP contribution in [0.2, 0.25) is 0 Å². The first-order valence-electron chi connectivity index (χ1n) is 7.56. The number of nitrogens with zero attached hydrogens (tertiary/aromatic N) is 1. The van der Waals surface area contributed by atoms with E-state index in [1.807, 2.05) is 0 Å². The van der Waals surface area contributed by atoms with Crippen LogP contribution in [-0.4, -0.2) is 44.1 Å². The number of nitrogens with one attached hydrogen (secondary N) is 1. The molecule has 0 spiro atoms. The highest BCUT2D eigenvalue weighted by molar-refractivity contribution is 5.55. The molecule has 4 heteroatoms. The molecule has 21 heavy (non-hydrogen) atoms. The van der Waals surface area contributed by atoms with Gasteiger partial charge in [-0.2, -0.15) is 0 Å². The molecule has 0 aliphatic rings. The van der Waals surface area contributed by atoms with E-state index in [0.717, 1.165) is 13.1 Å². The lowest BCUT2D eigenvalue weighted by atomic mass is 10.0.